The number of hydrogen-bond donors (Lipinski definition) is 1. The summed E-state index contributed by atoms with van der Waals surface area (Å²) in [6, 6.07) is 0. The molecule has 0 aliphatic heterocycles. The van der Waals surface area contributed by atoms with Crippen LogP contribution in [0.4, 0.5) is 0 Å². The second-order valence-electron chi connectivity index (χ2n) is 9.26. The standard InChI is InChI=1S/C23H34O2/c1-22-13-11-21-19(20(22)9-7-16(22)5-4-14-24)8-6-17-15-18(25-3)10-12-23(17,21)2/h6,11,15-16,19-20,24H,4-5,7-10,12-14H2,1-3H3/t16-,19?,20?,22+,23-/m0/s1. The topological polar surface area (TPSA) is 29.5 Å². The summed E-state index contributed by atoms with van der Waals surface area (Å²) in [6.07, 6.45) is 17.1. The Bertz CT molecular complexity index is 628. The van der Waals surface area contributed by atoms with E-state index in [2.05, 4.69) is 32.1 Å². The molecule has 4 aliphatic rings. The van der Waals surface area contributed by atoms with Crippen molar-refractivity contribution in [3.63, 3.8) is 0 Å². The number of aliphatic hydroxyl groups excluding tert-OH is 1. The summed E-state index contributed by atoms with van der Waals surface area (Å²) >= 11 is 0. The van der Waals surface area contributed by atoms with Gasteiger partial charge in [-0.15, -0.1) is 0 Å². The van der Waals surface area contributed by atoms with Gasteiger partial charge in [0.25, 0.3) is 0 Å². The predicted octanol–water partition coefficient (Wildman–Crippen LogP) is 5.40. The van der Waals surface area contributed by atoms with Crippen LogP contribution in [0.5, 0.6) is 0 Å². The third-order valence-corrected chi connectivity index (χ3v) is 8.28. The lowest BCUT2D eigenvalue weighted by atomic mass is 9.52. The number of fused-ring (bicyclic) bond motifs is 5. The van der Waals surface area contributed by atoms with Crippen LogP contribution < -0.4 is 0 Å². The van der Waals surface area contributed by atoms with Gasteiger partial charge in [0.1, 0.15) is 0 Å². The third kappa shape index (κ3) is 2.55. The Labute approximate surface area is 153 Å². The molecule has 0 heterocycles. The maximum absolute atomic E-state index is 9.26. The number of aliphatic hydroxyl groups is 1. The molecule has 4 aliphatic carbocycles. The lowest BCUT2D eigenvalue weighted by Gasteiger charge is -2.52. The van der Waals surface area contributed by atoms with Crippen molar-refractivity contribution >= 4 is 0 Å². The van der Waals surface area contributed by atoms with Gasteiger partial charge in [-0.3, -0.25) is 0 Å². The van der Waals surface area contributed by atoms with E-state index in [0.717, 1.165) is 36.4 Å². The molecule has 2 unspecified atom stereocenters. The Morgan fingerprint density at radius 1 is 1.24 bits per heavy atom. The minimum absolute atomic E-state index is 0.232. The fourth-order valence-corrected chi connectivity index (χ4v) is 6.69. The predicted molar refractivity (Wildman–Crippen MR) is 102 cm³/mol. The molecule has 0 amide bonds. The molecule has 0 radical (unpaired) electrons. The molecular formula is C23H34O2. The van der Waals surface area contributed by atoms with Crippen LogP contribution in [0.25, 0.3) is 0 Å². The van der Waals surface area contributed by atoms with E-state index in [1.807, 2.05) is 0 Å². The monoisotopic (exact) mass is 342 g/mol. The molecule has 0 bridgehead atoms. The normalized spacial score (nSPS) is 42.6. The summed E-state index contributed by atoms with van der Waals surface area (Å²) in [7, 11) is 1.80. The molecule has 25 heavy (non-hydrogen) atoms. The van der Waals surface area contributed by atoms with E-state index in [4.69, 9.17) is 4.74 Å². The molecule has 0 spiro atoms. The zero-order chi connectivity index (χ0) is 17.7. The van der Waals surface area contributed by atoms with E-state index in [9.17, 15) is 5.11 Å². The summed E-state index contributed by atoms with van der Waals surface area (Å²) in [4.78, 5) is 0. The molecular weight excluding hydrogens is 308 g/mol. The quantitative estimate of drug-likeness (QED) is 0.693. The van der Waals surface area contributed by atoms with Gasteiger partial charge in [-0.05, 0) is 79.8 Å². The number of hydrogen-bond acceptors (Lipinski definition) is 2. The largest absolute Gasteiger partial charge is 0.501 e. The maximum atomic E-state index is 9.26. The van der Waals surface area contributed by atoms with Gasteiger partial charge >= 0.3 is 0 Å². The van der Waals surface area contributed by atoms with Crippen molar-refractivity contribution < 1.29 is 9.84 Å². The summed E-state index contributed by atoms with van der Waals surface area (Å²) < 4.78 is 5.54. The number of allylic oxidation sites excluding steroid dienone is 6. The van der Waals surface area contributed by atoms with Gasteiger partial charge in [-0.2, -0.15) is 0 Å². The third-order valence-electron chi connectivity index (χ3n) is 8.28. The highest BCUT2D eigenvalue weighted by atomic mass is 16.5. The van der Waals surface area contributed by atoms with Crippen molar-refractivity contribution in [2.24, 2.45) is 28.6 Å². The summed E-state index contributed by atoms with van der Waals surface area (Å²) in [5.41, 5.74) is 3.92. The summed E-state index contributed by atoms with van der Waals surface area (Å²) in [5, 5.41) is 9.26. The van der Waals surface area contributed by atoms with E-state index >= 15 is 0 Å². The summed E-state index contributed by atoms with van der Waals surface area (Å²) in [6.45, 7) is 5.37. The van der Waals surface area contributed by atoms with Gasteiger partial charge in [0, 0.05) is 18.4 Å². The van der Waals surface area contributed by atoms with E-state index in [1.165, 1.54) is 44.1 Å². The Morgan fingerprint density at radius 3 is 2.84 bits per heavy atom. The van der Waals surface area contributed by atoms with Crippen LogP contribution in [0.3, 0.4) is 0 Å². The molecule has 0 saturated heterocycles. The Kier molecular flexibility index (Phi) is 4.38. The van der Waals surface area contributed by atoms with Crippen LogP contribution in [0.2, 0.25) is 0 Å². The highest BCUT2D eigenvalue weighted by Gasteiger charge is 2.54. The minimum atomic E-state index is 0.232. The zero-order valence-corrected chi connectivity index (χ0v) is 16.2. The average molecular weight is 343 g/mol. The molecule has 1 saturated carbocycles. The van der Waals surface area contributed by atoms with Crippen LogP contribution in [0.1, 0.15) is 65.2 Å². The zero-order valence-electron chi connectivity index (χ0n) is 16.2. The molecule has 0 aromatic carbocycles. The van der Waals surface area contributed by atoms with Crippen LogP contribution in [-0.2, 0) is 4.74 Å². The number of rotatable bonds is 4. The Morgan fingerprint density at radius 2 is 2.08 bits per heavy atom. The van der Waals surface area contributed by atoms with Gasteiger partial charge in [-0.1, -0.05) is 31.6 Å². The SMILES string of the molecule is COC1=CC2=CCC3C(=CC[C@@]4(C)C3CC[C@@H]4CCCO)[C@@]2(C)CC1. The van der Waals surface area contributed by atoms with Crippen LogP contribution in [0.15, 0.2) is 35.1 Å². The molecule has 5 atom stereocenters. The highest BCUT2D eigenvalue weighted by molar-refractivity contribution is 5.45. The Balaban J connectivity index is 1.64. The van der Waals surface area contributed by atoms with Gasteiger partial charge in [0.2, 0.25) is 0 Å². The van der Waals surface area contributed by atoms with E-state index < -0.39 is 0 Å². The minimum Gasteiger partial charge on any atom is -0.501 e. The molecule has 2 nitrogen and oxygen atoms in total. The molecule has 2 heteroatoms. The van der Waals surface area contributed by atoms with Crippen LogP contribution in [0, 0.1) is 28.6 Å². The van der Waals surface area contributed by atoms with E-state index in [0.29, 0.717) is 12.0 Å². The lowest BCUT2D eigenvalue weighted by Crippen LogP contribution is -2.43. The highest BCUT2D eigenvalue weighted by Crippen LogP contribution is 2.64. The van der Waals surface area contributed by atoms with Crippen molar-refractivity contribution in [3.8, 4) is 0 Å². The first-order valence-electron chi connectivity index (χ1n) is 10.3. The van der Waals surface area contributed by atoms with Crippen molar-refractivity contribution in [3.05, 3.63) is 35.1 Å². The van der Waals surface area contributed by atoms with Gasteiger partial charge in [0.05, 0.1) is 12.9 Å². The van der Waals surface area contributed by atoms with Crippen LogP contribution in [-0.4, -0.2) is 18.8 Å². The molecule has 4 rings (SSSR count). The van der Waals surface area contributed by atoms with Crippen molar-refractivity contribution in [2.75, 3.05) is 13.7 Å². The lowest BCUT2D eigenvalue weighted by molar-refractivity contribution is 0.0867. The first-order chi connectivity index (χ1) is 12.0. The van der Waals surface area contributed by atoms with E-state index in [-0.39, 0.29) is 5.41 Å². The van der Waals surface area contributed by atoms with Crippen molar-refractivity contribution in [1.29, 1.82) is 0 Å². The smallest absolute Gasteiger partial charge is 0.0958 e. The van der Waals surface area contributed by atoms with Gasteiger partial charge < -0.3 is 9.84 Å². The maximum Gasteiger partial charge on any atom is 0.0958 e. The first-order valence-corrected chi connectivity index (χ1v) is 10.3. The molecule has 1 fully saturated rings. The summed E-state index contributed by atoms with van der Waals surface area (Å²) in [5.74, 6) is 3.52. The average Bonchev–Trinajstić information content (AvgIpc) is 2.95. The van der Waals surface area contributed by atoms with Crippen molar-refractivity contribution in [2.45, 2.75) is 65.2 Å². The van der Waals surface area contributed by atoms with Gasteiger partial charge in [0.15, 0.2) is 0 Å². The second-order valence-corrected chi connectivity index (χ2v) is 9.26. The Hall–Kier alpha value is -1.02. The molecule has 138 valence electrons. The second kappa shape index (κ2) is 6.30. The van der Waals surface area contributed by atoms with E-state index in [1.54, 1.807) is 12.7 Å². The molecule has 1 N–H and O–H groups in total. The van der Waals surface area contributed by atoms with Crippen LogP contribution >= 0.6 is 0 Å². The fraction of sp³-hybridized carbons (Fsp3) is 0.739. The first kappa shape index (κ1) is 17.4. The van der Waals surface area contributed by atoms with Gasteiger partial charge in [-0.25, -0.2) is 0 Å². The van der Waals surface area contributed by atoms with Crippen molar-refractivity contribution in [1.82, 2.24) is 0 Å². The number of ether oxygens (including phenoxy) is 1. The molecule has 0 aromatic heterocycles. The fourth-order valence-electron chi connectivity index (χ4n) is 6.69. The number of methoxy groups -OCH3 is 1. The molecule has 0 aromatic rings.